The number of aromatic nitrogens is 3. The Kier molecular flexibility index (Phi) is 4.73. The van der Waals surface area contributed by atoms with Gasteiger partial charge in [0.1, 0.15) is 0 Å². The molecule has 1 aromatic rings. The molecule has 19 heavy (non-hydrogen) atoms. The second kappa shape index (κ2) is 6.51. The molecular formula is C12H21N5O2. The monoisotopic (exact) mass is 267 g/mol. The number of ether oxygens (including phenoxy) is 2. The zero-order chi connectivity index (χ0) is 13.7. The van der Waals surface area contributed by atoms with Crippen LogP contribution in [0.1, 0.15) is 26.2 Å². The fourth-order valence-corrected chi connectivity index (χ4v) is 2.19. The van der Waals surface area contributed by atoms with Gasteiger partial charge in [-0.25, -0.2) is 0 Å². The van der Waals surface area contributed by atoms with Crippen molar-refractivity contribution >= 4 is 11.9 Å². The zero-order valence-corrected chi connectivity index (χ0v) is 11.6. The standard InChI is InChI=1S/C12H21N5O2/c1-4-19-12-16-10(13-2)15-11(17-12)14-8-5-6-9(7-8)18-3/h8-9H,4-7H2,1-3H3,(H2,13,14,15,16,17). The van der Waals surface area contributed by atoms with Crippen molar-refractivity contribution < 1.29 is 9.47 Å². The van der Waals surface area contributed by atoms with Gasteiger partial charge < -0.3 is 20.1 Å². The molecule has 2 N–H and O–H groups in total. The lowest BCUT2D eigenvalue weighted by Gasteiger charge is -2.14. The van der Waals surface area contributed by atoms with Gasteiger partial charge in [-0.1, -0.05) is 0 Å². The van der Waals surface area contributed by atoms with Crippen LogP contribution in [0.3, 0.4) is 0 Å². The van der Waals surface area contributed by atoms with Crippen molar-refractivity contribution in [3.8, 4) is 6.01 Å². The van der Waals surface area contributed by atoms with Crippen LogP contribution in [0.4, 0.5) is 11.9 Å². The first-order chi connectivity index (χ1) is 9.25. The molecular weight excluding hydrogens is 246 g/mol. The van der Waals surface area contributed by atoms with Crippen molar-refractivity contribution in [3.63, 3.8) is 0 Å². The molecule has 0 radical (unpaired) electrons. The lowest BCUT2D eigenvalue weighted by atomic mass is 10.2. The quantitative estimate of drug-likeness (QED) is 0.803. The molecule has 0 aromatic carbocycles. The highest BCUT2D eigenvalue weighted by atomic mass is 16.5. The van der Waals surface area contributed by atoms with E-state index < -0.39 is 0 Å². The molecule has 1 aliphatic carbocycles. The SMILES string of the molecule is CCOc1nc(NC)nc(NC2CCC(OC)C2)n1. The van der Waals surface area contributed by atoms with E-state index in [9.17, 15) is 0 Å². The highest BCUT2D eigenvalue weighted by Gasteiger charge is 2.25. The summed E-state index contributed by atoms with van der Waals surface area (Å²) < 4.78 is 10.7. The molecule has 1 aromatic heterocycles. The summed E-state index contributed by atoms with van der Waals surface area (Å²) in [6.45, 7) is 2.43. The van der Waals surface area contributed by atoms with Crippen LogP contribution in [-0.4, -0.2) is 47.9 Å². The molecule has 7 nitrogen and oxygen atoms in total. The predicted octanol–water partition coefficient (Wildman–Crippen LogP) is 1.29. The first-order valence-electron chi connectivity index (χ1n) is 6.61. The van der Waals surface area contributed by atoms with E-state index in [0.717, 1.165) is 19.3 Å². The number of nitrogens with one attached hydrogen (secondary N) is 2. The average molecular weight is 267 g/mol. The Hall–Kier alpha value is -1.63. The Bertz CT molecular complexity index is 415. The smallest absolute Gasteiger partial charge is 0.323 e. The number of anilines is 2. The Morgan fingerprint density at radius 1 is 1.21 bits per heavy atom. The van der Waals surface area contributed by atoms with E-state index in [1.807, 2.05) is 6.92 Å². The summed E-state index contributed by atoms with van der Waals surface area (Å²) in [6, 6.07) is 0.678. The minimum atomic E-state index is 0.328. The largest absolute Gasteiger partial charge is 0.464 e. The summed E-state index contributed by atoms with van der Waals surface area (Å²) in [4.78, 5) is 12.7. The number of hydrogen-bond acceptors (Lipinski definition) is 7. The molecule has 0 saturated heterocycles. The molecule has 1 aliphatic rings. The number of rotatable bonds is 6. The average Bonchev–Trinajstić information content (AvgIpc) is 2.86. The Morgan fingerprint density at radius 3 is 2.63 bits per heavy atom. The molecule has 0 bridgehead atoms. The number of nitrogens with zero attached hydrogens (tertiary/aromatic N) is 3. The van der Waals surface area contributed by atoms with Gasteiger partial charge >= 0.3 is 6.01 Å². The lowest BCUT2D eigenvalue weighted by molar-refractivity contribution is 0.108. The van der Waals surface area contributed by atoms with Crippen molar-refractivity contribution in [1.82, 2.24) is 15.0 Å². The fourth-order valence-electron chi connectivity index (χ4n) is 2.19. The van der Waals surface area contributed by atoms with E-state index in [0.29, 0.717) is 36.7 Å². The minimum absolute atomic E-state index is 0.328. The van der Waals surface area contributed by atoms with Gasteiger partial charge in [-0.2, -0.15) is 15.0 Å². The van der Waals surface area contributed by atoms with Gasteiger partial charge in [0.05, 0.1) is 12.7 Å². The molecule has 2 rings (SSSR count). The van der Waals surface area contributed by atoms with Gasteiger partial charge in [0.15, 0.2) is 0 Å². The molecule has 0 spiro atoms. The van der Waals surface area contributed by atoms with Crippen molar-refractivity contribution in [2.45, 2.75) is 38.3 Å². The third kappa shape index (κ3) is 3.66. The maximum absolute atomic E-state index is 5.36. The third-order valence-electron chi connectivity index (χ3n) is 3.16. The molecule has 0 aliphatic heterocycles. The normalized spacial score (nSPS) is 22.3. The number of hydrogen-bond donors (Lipinski definition) is 2. The topological polar surface area (TPSA) is 81.2 Å². The maximum atomic E-state index is 5.36. The molecule has 1 heterocycles. The van der Waals surface area contributed by atoms with Gasteiger partial charge in [-0.15, -0.1) is 0 Å². The maximum Gasteiger partial charge on any atom is 0.323 e. The van der Waals surface area contributed by atoms with E-state index in [-0.39, 0.29) is 0 Å². The summed E-state index contributed by atoms with van der Waals surface area (Å²) in [5.74, 6) is 1.05. The van der Waals surface area contributed by atoms with Crippen LogP contribution in [-0.2, 0) is 4.74 Å². The van der Waals surface area contributed by atoms with Gasteiger partial charge in [0.25, 0.3) is 0 Å². The Morgan fingerprint density at radius 2 is 2.00 bits per heavy atom. The molecule has 106 valence electrons. The van der Waals surface area contributed by atoms with Gasteiger partial charge in [-0.05, 0) is 26.2 Å². The van der Waals surface area contributed by atoms with Crippen molar-refractivity contribution in [1.29, 1.82) is 0 Å². The van der Waals surface area contributed by atoms with Gasteiger partial charge in [0, 0.05) is 20.2 Å². The van der Waals surface area contributed by atoms with Gasteiger partial charge in [0.2, 0.25) is 11.9 Å². The second-order valence-electron chi connectivity index (χ2n) is 4.46. The summed E-state index contributed by atoms with van der Waals surface area (Å²) in [5, 5.41) is 6.22. The minimum Gasteiger partial charge on any atom is -0.464 e. The van der Waals surface area contributed by atoms with Gasteiger partial charge in [-0.3, -0.25) is 0 Å². The lowest BCUT2D eigenvalue weighted by Crippen LogP contribution is -2.20. The first-order valence-corrected chi connectivity index (χ1v) is 6.61. The summed E-state index contributed by atoms with van der Waals surface area (Å²) in [7, 11) is 3.52. The molecule has 0 amide bonds. The molecule has 2 atom stereocenters. The van der Waals surface area contributed by atoms with E-state index >= 15 is 0 Å². The van der Waals surface area contributed by atoms with Crippen LogP contribution in [0.2, 0.25) is 0 Å². The van der Waals surface area contributed by atoms with Crippen LogP contribution in [0.25, 0.3) is 0 Å². The summed E-state index contributed by atoms with van der Waals surface area (Å²) in [6.07, 6.45) is 3.43. The molecule has 7 heteroatoms. The summed E-state index contributed by atoms with van der Waals surface area (Å²) >= 11 is 0. The molecule has 2 unspecified atom stereocenters. The summed E-state index contributed by atoms with van der Waals surface area (Å²) in [5.41, 5.74) is 0. The van der Waals surface area contributed by atoms with Crippen LogP contribution >= 0.6 is 0 Å². The van der Waals surface area contributed by atoms with Crippen molar-refractivity contribution in [3.05, 3.63) is 0 Å². The highest BCUT2D eigenvalue weighted by molar-refractivity contribution is 5.36. The highest BCUT2D eigenvalue weighted by Crippen LogP contribution is 2.24. The fraction of sp³-hybridized carbons (Fsp3) is 0.750. The van der Waals surface area contributed by atoms with E-state index in [2.05, 4.69) is 25.6 Å². The van der Waals surface area contributed by atoms with Crippen LogP contribution in [0.5, 0.6) is 6.01 Å². The Labute approximate surface area is 113 Å². The van der Waals surface area contributed by atoms with Crippen LogP contribution in [0.15, 0.2) is 0 Å². The van der Waals surface area contributed by atoms with Crippen LogP contribution in [0, 0.1) is 0 Å². The van der Waals surface area contributed by atoms with Crippen molar-refractivity contribution in [2.75, 3.05) is 31.4 Å². The predicted molar refractivity (Wildman–Crippen MR) is 72.6 cm³/mol. The van der Waals surface area contributed by atoms with E-state index in [4.69, 9.17) is 9.47 Å². The van der Waals surface area contributed by atoms with E-state index in [1.165, 1.54) is 0 Å². The third-order valence-corrected chi connectivity index (χ3v) is 3.16. The van der Waals surface area contributed by atoms with Crippen molar-refractivity contribution in [2.24, 2.45) is 0 Å². The second-order valence-corrected chi connectivity index (χ2v) is 4.46. The first kappa shape index (κ1) is 13.8. The van der Waals surface area contributed by atoms with E-state index in [1.54, 1.807) is 14.2 Å². The zero-order valence-electron chi connectivity index (χ0n) is 11.6. The molecule has 1 saturated carbocycles. The van der Waals surface area contributed by atoms with Crippen LogP contribution < -0.4 is 15.4 Å². The number of methoxy groups -OCH3 is 1. The Balaban J connectivity index is 2.04. The molecule has 1 fully saturated rings.